The van der Waals surface area contributed by atoms with Crippen molar-refractivity contribution in [2.24, 2.45) is 0 Å². The highest BCUT2D eigenvalue weighted by atomic mass is 16.5. The summed E-state index contributed by atoms with van der Waals surface area (Å²) in [6.45, 7) is 4.11. The third-order valence-corrected chi connectivity index (χ3v) is 3.54. The number of methoxy groups -OCH3 is 2. The Hall–Kier alpha value is -2.88. The first-order chi connectivity index (χ1) is 11.3. The molecule has 3 rings (SSSR count). The van der Waals surface area contributed by atoms with Crippen LogP contribution in [0.1, 0.15) is 0 Å². The van der Waals surface area contributed by atoms with Gasteiger partial charge in [0.1, 0.15) is 12.2 Å². The quantitative estimate of drug-likeness (QED) is 0.620. The number of hydrogen-bond acceptors (Lipinski definition) is 4. The van der Waals surface area contributed by atoms with Gasteiger partial charge in [-0.25, -0.2) is 0 Å². The van der Waals surface area contributed by atoms with Crippen LogP contribution < -0.4 is 14.2 Å². The van der Waals surface area contributed by atoms with Gasteiger partial charge in [0.15, 0.2) is 23.0 Å². The van der Waals surface area contributed by atoms with E-state index in [2.05, 4.69) is 6.58 Å². The van der Waals surface area contributed by atoms with E-state index in [-0.39, 0.29) is 0 Å². The number of para-hydroxylation sites is 1. The van der Waals surface area contributed by atoms with Crippen molar-refractivity contribution in [2.75, 3.05) is 20.8 Å². The standard InChI is InChI=1S/C19H18O4/c1-4-11-22-19-14-7-5-6-8-15(14)23-18(19)13-9-10-16(20-2)17(12-13)21-3/h4-10,12H,1,11H2,2-3H3. The summed E-state index contributed by atoms with van der Waals surface area (Å²) in [5, 5.41) is 0.930. The van der Waals surface area contributed by atoms with E-state index in [1.54, 1.807) is 20.3 Å². The first kappa shape index (κ1) is 15.0. The summed E-state index contributed by atoms with van der Waals surface area (Å²) in [5.41, 5.74) is 1.63. The lowest BCUT2D eigenvalue weighted by atomic mass is 10.1. The summed E-state index contributed by atoms with van der Waals surface area (Å²) in [4.78, 5) is 0. The van der Waals surface area contributed by atoms with Crippen molar-refractivity contribution < 1.29 is 18.6 Å². The van der Waals surface area contributed by atoms with Crippen molar-refractivity contribution in [1.82, 2.24) is 0 Å². The molecule has 0 bridgehead atoms. The van der Waals surface area contributed by atoms with Crippen LogP contribution in [0, 0.1) is 0 Å². The number of ether oxygens (including phenoxy) is 3. The summed E-state index contributed by atoms with van der Waals surface area (Å²) < 4.78 is 22.5. The average molecular weight is 310 g/mol. The van der Waals surface area contributed by atoms with Gasteiger partial charge in [-0.3, -0.25) is 0 Å². The lowest BCUT2D eigenvalue weighted by Gasteiger charge is -2.09. The minimum atomic E-state index is 0.407. The second kappa shape index (κ2) is 6.48. The molecule has 0 aliphatic carbocycles. The van der Waals surface area contributed by atoms with E-state index in [9.17, 15) is 0 Å². The molecular weight excluding hydrogens is 292 g/mol. The maximum Gasteiger partial charge on any atom is 0.177 e. The number of benzene rings is 2. The molecule has 1 heterocycles. The van der Waals surface area contributed by atoms with Gasteiger partial charge in [-0.2, -0.15) is 0 Å². The van der Waals surface area contributed by atoms with Crippen molar-refractivity contribution >= 4 is 11.0 Å². The molecule has 0 aliphatic heterocycles. The number of rotatable bonds is 6. The Bertz CT molecular complexity index is 833. The zero-order valence-corrected chi connectivity index (χ0v) is 13.2. The van der Waals surface area contributed by atoms with E-state index in [0.717, 1.165) is 16.5 Å². The van der Waals surface area contributed by atoms with Gasteiger partial charge < -0.3 is 18.6 Å². The Morgan fingerprint density at radius 1 is 1.04 bits per heavy atom. The van der Waals surface area contributed by atoms with Crippen molar-refractivity contribution in [3.63, 3.8) is 0 Å². The number of furan rings is 1. The Kier molecular flexibility index (Phi) is 4.24. The molecule has 0 atom stereocenters. The van der Waals surface area contributed by atoms with Crippen LogP contribution in [0.3, 0.4) is 0 Å². The molecule has 23 heavy (non-hydrogen) atoms. The second-order valence-corrected chi connectivity index (χ2v) is 4.93. The molecule has 1 aromatic heterocycles. The summed E-state index contributed by atoms with van der Waals surface area (Å²) >= 11 is 0. The van der Waals surface area contributed by atoms with Gasteiger partial charge in [-0.05, 0) is 30.3 Å². The Labute approximate surface area is 134 Å². The molecule has 0 saturated heterocycles. The molecule has 0 N–H and O–H groups in total. The van der Waals surface area contributed by atoms with E-state index in [0.29, 0.717) is 29.6 Å². The van der Waals surface area contributed by atoms with E-state index in [1.807, 2.05) is 42.5 Å². The normalized spacial score (nSPS) is 10.5. The van der Waals surface area contributed by atoms with Crippen LogP contribution in [0.25, 0.3) is 22.3 Å². The fourth-order valence-electron chi connectivity index (χ4n) is 2.47. The van der Waals surface area contributed by atoms with Gasteiger partial charge in [-0.15, -0.1) is 0 Å². The second-order valence-electron chi connectivity index (χ2n) is 4.93. The van der Waals surface area contributed by atoms with E-state index < -0.39 is 0 Å². The van der Waals surface area contributed by atoms with Crippen LogP contribution in [0.15, 0.2) is 59.5 Å². The summed E-state index contributed by atoms with van der Waals surface area (Å²) in [6.07, 6.45) is 1.71. The SMILES string of the molecule is C=CCOc1c(-c2ccc(OC)c(OC)c2)oc2ccccc12. The van der Waals surface area contributed by atoms with Crippen molar-refractivity contribution in [3.05, 3.63) is 55.1 Å². The van der Waals surface area contributed by atoms with Crippen LogP contribution in [-0.4, -0.2) is 20.8 Å². The summed E-state index contributed by atoms with van der Waals surface area (Å²) in [7, 11) is 3.22. The monoisotopic (exact) mass is 310 g/mol. The molecule has 0 aliphatic rings. The molecule has 4 heteroatoms. The van der Waals surface area contributed by atoms with E-state index in [1.165, 1.54) is 0 Å². The number of hydrogen-bond donors (Lipinski definition) is 0. The van der Waals surface area contributed by atoms with E-state index in [4.69, 9.17) is 18.6 Å². The molecule has 0 unspecified atom stereocenters. The molecule has 2 aromatic carbocycles. The van der Waals surface area contributed by atoms with Gasteiger partial charge in [0, 0.05) is 5.56 Å². The van der Waals surface area contributed by atoms with Gasteiger partial charge in [0.05, 0.1) is 19.6 Å². The third kappa shape index (κ3) is 2.75. The lowest BCUT2D eigenvalue weighted by Crippen LogP contribution is -1.94. The highest BCUT2D eigenvalue weighted by Gasteiger charge is 2.18. The van der Waals surface area contributed by atoms with Crippen LogP contribution in [0.2, 0.25) is 0 Å². The van der Waals surface area contributed by atoms with Crippen molar-refractivity contribution in [3.8, 4) is 28.6 Å². The highest BCUT2D eigenvalue weighted by molar-refractivity contribution is 5.91. The molecule has 0 amide bonds. The van der Waals surface area contributed by atoms with Crippen molar-refractivity contribution in [2.45, 2.75) is 0 Å². The summed E-state index contributed by atoms with van der Waals surface area (Å²) in [6, 6.07) is 13.4. The Balaban J connectivity index is 2.16. The first-order valence-corrected chi connectivity index (χ1v) is 7.26. The lowest BCUT2D eigenvalue weighted by molar-refractivity contribution is 0.354. The Morgan fingerprint density at radius 3 is 2.57 bits per heavy atom. The molecule has 0 radical (unpaired) electrons. The molecule has 0 saturated carbocycles. The van der Waals surface area contributed by atoms with Gasteiger partial charge in [0.25, 0.3) is 0 Å². The number of fused-ring (bicyclic) bond motifs is 1. The van der Waals surface area contributed by atoms with Gasteiger partial charge in [0.2, 0.25) is 0 Å². The third-order valence-electron chi connectivity index (χ3n) is 3.54. The van der Waals surface area contributed by atoms with Crippen LogP contribution in [-0.2, 0) is 0 Å². The predicted octanol–water partition coefficient (Wildman–Crippen LogP) is 4.68. The van der Waals surface area contributed by atoms with Crippen LogP contribution in [0.4, 0.5) is 0 Å². The van der Waals surface area contributed by atoms with Gasteiger partial charge in [-0.1, -0.05) is 24.8 Å². The predicted molar refractivity (Wildman–Crippen MR) is 90.4 cm³/mol. The zero-order valence-electron chi connectivity index (χ0n) is 13.2. The van der Waals surface area contributed by atoms with Crippen LogP contribution >= 0.6 is 0 Å². The molecule has 0 spiro atoms. The zero-order chi connectivity index (χ0) is 16.2. The fourth-order valence-corrected chi connectivity index (χ4v) is 2.47. The minimum absolute atomic E-state index is 0.407. The molecule has 0 fully saturated rings. The van der Waals surface area contributed by atoms with Gasteiger partial charge >= 0.3 is 0 Å². The van der Waals surface area contributed by atoms with Crippen molar-refractivity contribution in [1.29, 1.82) is 0 Å². The minimum Gasteiger partial charge on any atom is -0.493 e. The first-order valence-electron chi connectivity index (χ1n) is 7.26. The van der Waals surface area contributed by atoms with E-state index >= 15 is 0 Å². The fraction of sp³-hybridized carbons (Fsp3) is 0.158. The summed E-state index contributed by atoms with van der Waals surface area (Å²) in [5.74, 6) is 2.67. The smallest absolute Gasteiger partial charge is 0.177 e. The maximum atomic E-state index is 6.00. The largest absolute Gasteiger partial charge is 0.493 e. The van der Waals surface area contributed by atoms with Crippen LogP contribution in [0.5, 0.6) is 17.2 Å². The Morgan fingerprint density at radius 2 is 1.83 bits per heavy atom. The highest BCUT2D eigenvalue weighted by Crippen LogP contribution is 2.42. The average Bonchev–Trinajstić information content (AvgIpc) is 2.97. The maximum absolute atomic E-state index is 6.00. The topological polar surface area (TPSA) is 40.8 Å². The molecule has 4 nitrogen and oxygen atoms in total. The molecule has 3 aromatic rings. The molecule has 118 valence electrons. The molecular formula is C19H18O4.